The van der Waals surface area contributed by atoms with Crippen LogP contribution in [-0.4, -0.2) is 35.2 Å². The molecule has 0 N–H and O–H groups in total. The van der Waals surface area contributed by atoms with E-state index >= 15 is 0 Å². The Labute approximate surface area is 229 Å². The number of halogens is 2. The van der Waals surface area contributed by atoms with Crippen molar-refractivity contribution in [3.05, 3.63) is 91.5 Å². The Bertz CT molecular complexity index is 1130. The van der Waals surface area contributed by atoms with Gasteiger partial charge in [0.1, 0.15) is 11.5 Å². The standard InChI is InChI=1S/C29H34Cl2O6/c1-19-28(30)25(16-32-2)24(26(17-33-3)29(19)31)13-23-21(15-36-14-20-9-7-6-8-10-20)11-22(37-18-34-4)12-27(23)35-5/h6-12H,13-18H2,1-5H3. The minimum Gasteiger partial charge on any atom is -0.496 e. The summed E-state index contributed by atoms with van der Waals surface area (Å²) in [4.78, 5) is 0. The molecule has 8 heteroatoms. The van der Waals surface area contributed by atoms with E-state index in [9.17, 15) is 0 Å². The first-order valence-corrected chi connectivity index (χ1v) is 12.6. The maximum atomic E-state index is 6.77. The number of ether oxygens (including phenoxy) is 6. The molecule has 0 bridgehead atoms. The number of methoxy groups -OCH3 is 4. The van der Waals surface area contributed by atoms with Gasteiger partial charge in [0.15, 0.2) is 6.79 Å². The fourth-order valence-electron chi connectivity index (χ4n) is 4.23. The summed E-state index contributed by atoms with van der Waals surface area (Å²) in [6, 6.07) is 13.8. The molecule has 0 amide bonds. The van der Waals surface area contributed by atoms with Gasteiger partial charge >= 0.3 is 0 Å². The Hall–Kier alpha value is -2.32. The molecular formula is C29H34Cl2O6. The van der Waals surface area contributed by atoms with Crippen molar-refractivity contribution < 1.29 is 28.4 Å². The summed E-state index contributed by atoms with van der Waals surface area (Å²) in [6.07, 6.45) is 0.481. The highest BCUT2D eigenvalue weighted by Crippen LogP contribution is 2.39. The van der Waals surface area contributed by atoms with E-state index in [4.69, 9.17) is 51.6 Å². The first-order valence-electron chi connectivity index (χ1n) is 11.8. The van der Waals surface area contributed by atoms with Crippen LogP contribution >= 0.6 is 23.2 Å². The number of rotatable bonds is 14. The summed E-state index contributed by atoms with van der Waals surface area (Å²) < 4.78 is 33.8. The third-order valence-corrected chi connectivity index (χ3v) is 7.08. The Morgan fingerprint density at radius 3 is 1.92 bits per heavy atom. The van der Waals surface area contributed by atoms with Crippen molar-refractivity contribution in [2.45, 2.75) is 39.8 Å². The first kappa shape index (κ1) is 29.2. The van der Waals surface area contributed by atoms with Crippen molar-refractivity contribution >= 4 is 23.2 Å². The number of hydrogen-bond acceptors (Lipinski definition) is 6. The smallest absolute Gasteiger partial charge is 0.188 e. The molecule has 200 valence electrons. The van der Waals surface area contributed by atoms with Crippen LogP contribution in [0.5, 0.6) is 11.5 Å². The van der Waals surface area contributed by atoms with Gasteiger partial charge in [-0.1, -0.05) is 53.5 Å². The predicted molar refractivity (Wildman–Crippen MR) is 146 cm³/mol. The molecule has 0 spiro atoms. The lowest BCUT2D eigenvalue weighted by Gasteiger charge is -2.23. The highest BCUT2D eigenvalue weighted by molar-refractivity contribution is 6.37. The van der Waals surface area contributed by atoms with Crippen molar-refractivity contribution in [1.29, 1.82) is 0 Å². The molecule has 0 fully saturated rings. The first-order chi connectivity index (χ1) is 17.9. The van der Waals surface area contributed by atoms with Crippen LogP contribution in [0.15, 0.2) is 42.5 Å². The zero-order valence-electron chi connectivity index (χ0n) is 22.0. The Morgan fingerprint density at radius 1 is 0.703 bits per heavy atom. The van der Waals surface area contributed by atoms with Crippen LogP contribution in [0.25, 0.3) is 0 Å². The Kier molecular flexibility index (Phi) is 11.5. The van der Waals surface area contributed by atoms with Crippen LogP contribution in [0.1, 0.15) is 38.9 Å². The largest absolute Gasteiger partial charge is 0.496 e. The van der Waals surface area contributed by atoms with Gasteiger partial charge in [0, 0.05) is 50.5 Å². The van der Waals surface area contributed by atoms with Gasteiger partial charge < -0.3 is 28.4 Å². The van der Waals surface area contributed by atoms with Gasteiger partial charge in [-0.25, -0.2) is 0 Å². The van der Waals surface area contributed by atoms with E-state index < -0.39 is 0 Å². The predicted octanol–water partition coefficient (Wildman–Crippen LogP) is 6.89. The highest BCUT2D eigenvalue weighted by atomic mass is 35.5. The summed E-state index contributed by atoms with van der Waals surface area (Å²) in [5.74, 6) is 1.28. The van der Waals surface area contributed by atoms with Crippen molar-refractivity contribution in [2.75, 3.05) is 35.2 Å². The minimum atomic E-state index is 0.117. The van der Waals surface area contributed by atoms with E-state index in [1.165, 1.54) is 0 Å². The highest BCUT2D eigenvalue weighted by Gasteiger charge is 2.23. The summed E-state index contributed by atoms with van der Waals surface area (Å²) in [6.45, 7) is 3.50. The molecule has 0 unspecified atom stereocenters. The number of hydrogen-bond donors (Lipinski definition) is 0. The van der Waals surface area contributed by atoms with E-state index in [0.29, 0.717) is 54.4 Å². The molecule has 37 heavy (non-hydrogen) atoms. The molecule has 0 saturated heterocycles. The SMILES string of the molecule is COCOc1cc(COCc2ccccc2)c(Cc2c(COC)c(Cl)c(C)c(Cl)c2COC)c(OC)c1. The molecule has 0 heterocycles. The molecule has 0 aliphatic carbocycles. The van der Waals surface area contributed by atoms with E-state index in [0.717, 1.165) is 38.9 Å². The lowest BCUT2D eigenvalue weighted by molar-refractivity contribution is 0.0505. The Morgan fingerprint density at radius 2 is 1.35 bits per heavy atom. The van der Waals surface area contributed by atoms with Crippen molar-refractivity contribution in [3.63, 3.8) is 0 Å². The van der Waals surface area contributed by atoms with Crippen LogP contribution in [-0.2, 0) is 51.8 Å². The second-order valence-corrected chi connectivity index (χ2v) is 9.28. The maximum Gasteiger partial charge on any atom is 0.188 e. The summed E-state index contributed by atoms with van der Waals surface area (Å²) in [5, 5.41) is 1.17. The van der Waals surface area contributed by atoms with Crippen LogP contribution in [0.4, 0.5) is 0 Å². The van der Waals surface area contributed by atoms with Gasteiger partial charge in [-0.15, -0.1) is 0 Å². The van der Waals surface area contributed by atoms with Crippen molar-refractivity contribution in [2.24, 2.45) is 0 Å². The number of benzene rings is 3. The van der Waals surface area contributed by atoms with E-state index in [-0.39, 0.29) is 6.79 Å². The quantitative estimate of drug-likeness (QED) is 0.204. The van der Waals surface area contributed by atoms with E-state index in [2.05, 4.69) is 0 Å². The van der Waals surface area contributed by atoms with Gasteiger partial charge in [-0.2, -0.15) is 0 Å². The fourth-order valence-corrected chi connectivity index (χ4v) is 4.80. The normalized spacial score (nSPS) is 11.1. The van der Waals surface area contributed by atoms with Crippen molar-refractivity contribution in [1.82, 2.24) is 0 Å². The zero-order valence-corrected chi connectivity index (χ0v) is 23.5. The molecule has 0 aliphatic rings. The van der Waals surface area contributed by atoms with Crippen molar-refractivity contribution in [3.8, 4) is 11.5 Å². The van der Waals surface area contributed by atoms with Crippen LogP contribution in [0, 0.1) is 6.92 Å². The molecule has 3 rings (SSSR count). The second-order valence-electron chi connectivity index (χ2n) is 8.52. The zero-order chi connectivity index (χ0) is 26.8. The molecule has 0 aromatic heterocycles. The van der Waals surface area contributed by atoms with Crippen LogP contribution in [0.3, 0.4) is 0 Å². The third kappa shape index (κ3) is 7.38. The van der Waals surface area contributed by atoms with Gasteiger partial charge in [-0.3, -0.25) is 0 Å². The third-order valence-electron chi connectivity index (χ3n) is 6.06. The summed E-state index contributed by atoms with van der Waals surface area (Å²) >= 11 is 13.5. The second kappa shape index (κ2) is 14.6. The van der Waals surface area contributed by atoms with Gasteiger partial charge in [0.25, 0.3) is 0 Å². The van der Waals surface area contributed by atoms with E-state index in [1.54, 1.807) is 28.4 Å². The molecule has 0 aliphatic heterocycles. The lowest BCUT2D eigenvalue weighted by Crippen LogP contribution is -2.11. The monoisotopic (exact) mass is 548 g/mol. The Balaban J connectivity index is 2.09. The molecule has 3 aromatic carbocycles. The van der Waals surface area contributed by atoms with Gasteiger partial charge in [0.2, 0.25) is 0 Å². The lowest BCUT2D eigenvalue weighted by atomic mass is 9.90. The maximum absolute atomic E-state index is 6.77. The van der Waals surface area contributed by atoms with E-state index in [1.807, 2.05) is 49.4 Å². The molecule has 0 saturated carbocycles. The molecule has 3 aromatic rings. The summed E-state index contributed by atoms with van der Waals surface area (Å²) in [7, 11) is 6.50. The van der Waals surface area contributed by atoms with Crippen LogP contribution < -0.4 is 9.47 Å². The van der Waals surface area contributed by atoms with Crippen LogP contribution in [0.2, 0.25) is 10.0 Å². The van der Waals surface area contributed by atoms with Gasteiger partial charge in [0.05, 0.1) is 43.6 Å². The molecule has 6 nitrogen and oxygen atoms in total. The average Bonchev–Trinajstić information content (AvgIpc) is 2.91. The fraction of sp³-hybridized carbons (Fsp3) is 0.379. The topological polar surface area (TPSA) is 55.4 Å². The molecule has 0 atom stereocenters. The molecule has 0 radical (unpaired) electrons. The van der Waals surface area contributed by atoms with Gasteiger partial charge in [-0.05, 0) is 35.2 Å². The molecular weight excluding hydrogens is 515 g/mol. The average molecular weight is 549 g/mol. The minimum absolute atomic E-state index is 0.117. The summed E-state index contributed by atoms with van der Waals surface area (Å²) in [5.41, 5.74) is 6.43.